The number of halogens is 3. The van der Waals surface area contributed by atoms with Crippen LogP contribution in [0.1, 0.15) is 72.4 Å². The van der Waals surface area contributed by atoms with Crippen molar-refractivity contribution in [2.45, 2.75) is 71.3 Å². The molecule has 0 saturated carbocycles. The first-order valence-electron chi connectivity index (χ1n) is 14.3. The van der Waals surface area contributed by atoms with Crippen LogP contribution in [0.15, 0.2) is 48.7 Å². The molecule has 3 heterocycles. The number of amides is 3. The molecule has 3 amide bonds. The van der Waals surface area contributed by atoms with Crippen LogP contribution in [0.25, 0.3) is 0 Å². The summed E-state index contributed by atoms with van der Waals surface area (Å²) < 4.78 is 40.7. The van der Waals surface area contributed by atoms with Crippen molar-refractivity contribution >= 4 is 17.7 Å². The van der Waals surface area contributed by atoms with E-state index in [2.05, 4.69) is 25.7 Å². The van der Waals surface area contributed by atoms with Crippen LogP contribution in [0.3, 0.4) is 0 Å². The molecule has 3 aromatic rings. The molecule has 10 nitrogen and oxygen atoms in total. The van der Waals surface area contributed by atoms with Crippen LogP contribution in [0, 0.1) is 12.8 Å². The van der Waals surface area contributed by atoms with Gasteiger partial charge in [-0.2, -0.15) is 18.3 Å². The highest BCUT2D eigenvalue weighted by Crippen LogP contribution is 2.27. The zero-order valence-corrected chi connectivity index (χ0v) is 24.4. The number of fused-ring (bicyclic) bond motifs is 1. The van der Waals surface area contributed by atoms with Gasteiger partial charge < -0.3 is 15.5 Å². The Hall–Kier alpha value is -4.29. The lowest BCUT2D eigenvalue weighted by Crippen LogP contribution is -2.51. The van der Waals surface area contributed by atoms with E-state index in [0.717, 1.165) is 23.9 Å². The molecule has 0 saturated heterocycles. The number of hydrogen-bond acceptors (Lipinski definition) is 6. The Morgan fingerprint density at radius 3 is 2.47 bits per heavy atom. The number of aromatic nitrogens is 4. The van der Waals surface area contributed by atoms with Gasteiger partial charge in [0.25, 0.3) is 5.91 Å². The minimum atomic E-state index is -4.63. The molecule has 0 unspecified atom stereocenters. The van der Waals surface area contributed by atoms with Crippen LogP contribution in [-0.4, -0.2) is 61.5 Å². The van der Waals surface area contributed by atoms with E-state index in [-0.39, 0.29) is 55.8 Å². The molecule has 1 aliphatic heterocycles. The summed E-state index contributed by atoms with van der Waals surface area (Å²) in [7, 11) is 0. The second-order valence-corrected chi connectivity index (χ2v) is 10.7. The molecule has 13 heteroatoms. The van der Waals surface area contributed by atoms with Crippen molar-refractivity contribution in [1.29, 1.82) is 0 Å². The largest absolute Gasteiger partial charge is 0.433 e. The Morgan fingerprint density at radius 1 is 1.07 bits per heavy atom. The number of aryl methyl sites for hydroxylation is 1. The quantitative estimate of drug-likeness (QED) is 0.459. The smallest absolute Gasteiger partial charge is 0.344 e. The van der Waals surface area contributed by atoms with Crippen LogP contribution in [0.4, 0.5) is 13.2 Å². The molecule has 43 heavy (non-hydrogen) atoms. The van der Waals surface area contributed by atoms with E-state index in [1.165, 1.54) is 4.90 Å². The maximum absolute atomic E-state index is 13.6. The lowest BCUT2D eigenvalue weighted by atomic mass is 9.97. The predicted octanol–water partition coefficient (Wildman–Crippen LogP) is 3.87. The number of rotatable bonds is 5. The summed E-state index contributed by atoms with van der Waals surface area (Å²) in [6.45, 7) is 6.07. The SMILES string of the molecule is CC[C@H](C)[C@@H]1NC(=O)CCCN(C(=O)c2ccc(C(F)(F)F)nc2)CCn2nc(C)nc2[C@H](Cc2ccccc2)NC1=O. The van der Waals surface area contributed by atoms with Crippen LogP contribution in [-0.2, 0) is 28.7 Å². The fourth-order valence-electron chi connectivity index (χ4n) is 4.99. The topological polar surface area (TPSA) is 122 Å². The van der Waals surface area contributed by atoms with Crippen LogP contribution in [0.5, 0.6) is 0 Å². The first-order valence-corrected chi connectivity index (χ1v) is 14.3. The fraction of sp³-hybridized carbons (Fsp3) is 0.467. The number of carbonyl (C=O) groups is 3. The van der Waals surface area contributed by atoms with Gasteiger partial charge >= 0.3 is 6.18 Å². The molecule has 1 aliphatic rings. The van der Waals surface area contributed by atoms with Gasteiger partial charge in [-0.3, -0.25) is 19.4 Å². The van der Waals surface area contributed by atoms with Crippen molar-refractivity contribution in [2.75, 3.05) is 13.1 Å². The summed E-state index contributed by atoms with van der Waals surface area (Å²) in [5.41, 5.74) is -0.136. The molecule has 2 aromatic heterocycles. The minimum absolute atomic E-state index is 0.000357. The van der Waals surface area contributed by atoms with E-state index < -0.39 is 29.9 Å². The lowest BCUT2D eigenvalue weighted by molar-refractivity contribution is -0.141. The summed E-state index contributed by atoms with van der Waals surface area (Å²) in [6.07, 6.45) is -2.32. The molecular formula is C30H36F3N7O3. The first-order chi connectivity index (χ1) is 20.5. The normalized spacial score (nSPS) is 19.5. The highest BCUT2D eigenvalue weighted by molar-refractivity contribution is 5.94. The number of hydrogen-bond donors (Lipinski definition) is 2. The maximum Gasteiger partial charge on any atom is 0.433 e. The average Bonchev–Trinajstić information content (AvgIpc) is 3.36. The number of alkyl halides is 3. The van der Waals surface area contributed by atoms with Crippen LogP contribution < -0.4 is 10.6 Å². The van der Waals surface area contributed by atoms with Crippen molar-refractivity contribution in [2.24, 2.45) is 5.92 Å². The third-order valence-corrected chi connectivity index (χ3v) is 7.53. The van der Waals surface area contributed by atoms with Gasteiger partial charge in [0.05, 0.1) is 18.2 Å². The summed E-state index contributed by atoms with van der Waals surface area (Å²) in [5.74, 6) is -0.357. The highest BCUT2D eigenvalue weighted by Gasteiger charge is 2.33. The van der Waals surface area contributed by atoms with Gasteiger partial charge in [-0.15, -0.1) is 0 Å². The standard InChI is InChI=1S/C30H36F3N7O3/c1-4-19(2)26-28(42)36-23(17-21-9-6-5-7-10-21)27-35-20(3)38-40(27)16-15-39(14-8-11-25(41)37-26)29(43)22-12-13-24(34-18-22)30(31,32)33/h5-7,9-10,12-13,18-19,23,26H,4,8,11,14-17H2,1-3H3,(H,36,42)(H,37,41)/t19-,23-,26-/m0/s1. The number of nitrogens with one attached hydrogen (secondary N) is 2. The minimum Gasteiger partial charge on any atom is -0.344 e. The monoisotopic (exact) mass is 599 g/mol. The van der Waals surface area contributed by atoms with Gasteiger partial charge in [0.15, 0.2) is 0 Å². The molecule has 0 bridgehead atoms. The third kappa shape index (κ3) is 8.17. The van der Waals surface area contributed by atoms with Gasteiger partial charge in [-0.05, 0) is 43.4 Å². The van der Waals surface area contributed by atoms with Crippen LogP contribution in [0.2, 0.25) is 0 Å². The highest BCUT2D eigenvalue weighted by atomic mass is 19.4. The van der Waals surface area contributed by atoms with E-state index in [1.807, 2.05) is 44.2 Å². The third-order valence-electron chi connectivity index (χ3n) is 7.53. The van der Waals surface area contributed by atoms with Crippen LogP contribution >= 0.6 is 0 Å². The Kier molecular flexibility index (Phi) is 10.1. The van der Waals surface area contributed by atoms with Crippen molar-refractivity contribution < 1.29 is 27.6 Å². The Bertz CT molecular complexity index is 1410. The van der Waals surface area contributed by atoms with Gasteiger partial charge in [0.2, 0.25) is 11.8 Å². The van der Waals surface area contributed by atoms with Gasteiger partial charge in [-0.1, -0.05) is 50.6 Å². The number of benzene rings is 1. The van der Waals surface area contributed by atoms with Gasteiger partial charge in [0, 0.05) is 25.7 Å². The molecular weight excluding hydrogens is 563 g/mol. The lowest BCUT2D eigenvalue weighted by Gasteiger charge is -2.28. The summed E-state index contributed by atoms with van der Waals surface area (Å²) in [4.78, 5) is 49.5. The molecule has 0 aliphatic carbocycles. The predicted molar refractivity (Wildman–Crippen MR) is 152 cm³/mol. The molecule has 230 valence electrons. The summed E-state index contributed by atoms with van der Waals surface area (Å²) in [6, 6.07) is 10.1. The van der Waals surface area contributed by atoms with Gasteiger partial charge in [0.1, 0.15) is 23.4 Å². The maximum atomic E-state index is 13.6. The summed E-state index contributed by atoms with van der Waals surface area (Å²) in [5, 5.41) is 10.5. The molecule has 0 radical (unpaired) electrons. The van der Waals surface area contributed by atoms with Crippen molar-refractivity contribution in [3.05, 3.63) is 77.1 Å². The number of carbonyl (C=O) groups excluding carboxylic acids is 3. The molecule has 0 fully saturated rings. The zero-order valence-electron chi connectivity index (χ0n) is 24.4. The first kappa shape index (κ1) is 31.6. The Labute approximate surface area is 248 Å². The van der Waals surface area contributed by atoms with Crippen molar-refractivity contribution in [1.82, 2.24) is 35.3 Å². The van der Waals surface area contributed by atoms with E-state index >= 15 is 0 Å². The Balaban J connectivity index is 1.68. The molecule has 0 spiro atoms. The second kappa shape index (κ2) is 13.8. The Morgan fingerprint density at radius 2 is 1.81 bits per heavy atom. The zero-order chi connectivity index (χ0) is 31.1. The average molecular weight is 600 g/mol. The second-order valence-electron chi connectivity index (χ2n) is 10.7. The molecule has 4 rings (SSSR count). The molecule has 3 atom stereocenters. The van der Waals surface area contributed by atoms with Gasteiger partial charge in [-0.25, -0.2) is 9.67 Å². The number of nitrogens with zero attached hydrogens (tertiary/aromatic N) is 5. The van der Waals surface area contributed by atoms with E-state index in [1.54, 1.807) is 11.6 Å². The van der Waals surface area contributed by atoms with E-state index in [4.69, 9.17) is 0 Å². The number of pyridine rings is 1. The van der Waals surface area contributed by atoms with E-state index in [9.17, 15) is 27.6 Å². The summed E-state index contributed by atoms with van der Waals surface area (Å²) >= 11 is 0. The molecule has 2 N–H and O–H groups in total. The molecule has 1 aromatic carbocycles. The van der Waals surface area contributed by atoms with Crippen molar-refractivity contribution in [3.8, 4) is 0 Å². The van der Waals surface area contributed by atoms with Crippen molar-refractivity contribution in [3.63, 3.8) is 0 Å². The van der Waals surface area contributed by atoms with E-state index in [0.29, 0.717) is 24.5 Å². The fourth-order valence-corrected chi connectivity index (χ4v) is 4.99.